The van der Waals surface area contributed by atoms with Crippen LogP contribution in [0.15, 0.2) is 113 Å². The molecule has 0 spiro atoms. The highest BCUT2D eigenvalue weighted by Crippen LogP contribution is 2.36. The number of fused-ring (bicyclic) bond motifs is 3. The van der Waals surface area contributed by atoms with E-state index in [-0.39, 0.29) is 17.4 Å². The van der Waals surface area contributed by atoms with Gasteiger partial charge >= 0.3 is 5.97 Å². The Morgan fingerprint density at radius 2 is 1.73 bits per heavy atom. The van der Waals surface area contributed by atoms with E-state index in [4.69, 9.17) is 13.9 Å². The standard InChI is InChI=1S/C33H25N3O5/c1-2-39-28-19-21(14-17-26(28)41-33(38)27-13-8-18-40-27)20-34-36-32(37)31-29(23-10-4-3-5-11-23)25-16-15-22-9-6-7-12-24(22)30(25)35-31/h3-20,35H,2H2,1H3,(H,36,37). The molecule has 0 fully saturated rings. The molecule has 2 aromatic heterocycles. The number of amides is 1. The molecule has 0 saturated heterocycles. The van der Waals surface area contributed by atoms with E-state index in [1.165, 1.54) is 18.5 Å². The van der Waals surface area contributed by atoms with Crippen LogP contribution < -0.4 is 14.9 Å². The topological polar surface area (TPSA) is 106 Å². The number of hydrogen-bond donors (Lipinski definition) is 2. The van der Waals surface area contributed by atoms with E-state index in [1.807, 2.05) is 67.6 Å². The summed E-state index contributed by atoms with van der Waals surface area (Å²) in [4.78, 5) is 29.1. The number of hydrogen-bond acceptors (Lipinski definition) is 6. The molecular weight excluding hydrogens is 518 g/mol. The summed E-state index contributed by atoms with van der Waals surface area (Å²) in [6, 6.07) is 30.0. The number of hydrazone groups is 1. The van der Waals surface area contributed by atoms with Gasteiger partial charge in [-0.1, -0.05) is 66.7 Å². The molecular formula is C33H25N3O5. The molecule has 0 aliphatic heterocycles. The lowest BCUT2D eigenvalue weighted by Crippen LogP contribution is -2.18. The Morgan fingerprint density at radius 3 is 2.54 bits per heavy atom. The van der Waals surface area contributed by atoms with Crippen molar-refractivity contribution in [1.29, 1.82) is 0 Å². The van der Waals surface area contributed by atoms with Gasteiger partial charge in [0.1, 0.15) is 5.69 Å². The molecule has 0 aliphatic rings. The van der Waals surface area contributed by atoms with E-state index < -0.39 is 5.97 Å². The summed E-state index contributed by atoms with van der Waals surface area (Å²) in [5, 5.41) is 7.25. The van der Waals surface area contributed by atoms with Crippen LogP contribution in [0.1, 0.15) is 33.5 Å². The van der Waals surface area contributed by atoms with Crippen LogP contribution in [0.25, 0.3) is 32.8 Å². The van der Waals surface area contributed by atoms with Crippen LogP contribution in [-0.4, -0.2) is 29.7 Å². The average molecular weight is 544 g/mol. The van der Waals surface area contributed by atoms with E-state index in [9.17, 15) is 9.59 Å². The summed E-state index contributed by atoms with van der Waals surface area (Å²) in [6.07, 6.45) is 2.90. The smallest absolute Gasteiger partial charge is 0.379 e. The summed E-state index contributed by atoms with van der Waals surface area (Å²) >= 11 is 0. The van der Waals surface area contributed by atoms with E-state index in [0.717, 1.165) is 32.8 Å². The fraction of sp³-hybridized carbons (Fsp3) is 0.0606. The highest BCUT2D eigenvalue weighted by molar-refractivity contribution is 6.16. The van der Waals surface area contributed by atoms with Crippen molar-refractivity contribution in [3.63, 3.8) is 0 Å². The van der Waals surface area contributed by atoms with Crippen molar-refractivity contribution in [2.45, 2.75) is 6.92 Å². The van der Waals surface area contributed by atoms with Crippen molar-refractivity contribution in [2.24, 2.45) is 5.10 Å². The van der Waals surface area contributed by atoms with Gasteiger partial charge in [0.2, 0.25) is 5.76 Å². The number of nitrogens with zero attached hydrogens (tertiary/aromatic N) is 1. The third kappa shape index (κ3) is 5.18. The Hall–Kier alpha value is -5.63. The number of furan rings is 1. The molecule has 1 amide bonds. The summed E-state index contributed by atoms with van der Waals surface area (Å²) in [5.74, 6) is -0.330. The lowest BCUT2D eigenvalue weighted by molar-refractivity contribution is 0.0695. The molecule has 0 bridgehead atoms. The van der Waals surface area contributed by atoms with Gasteiger partial charge in [0.15, 0.2) is 11.5 Å². The van der Waals surface area contributed by atoms with Gasteiger partial charge in [0.25, 0.3) is 5.91 Å². The van der Waals surface area contributed by atoms with Gasteiger partial charge in [0, 0.05) is 16.3 Å². The van der Waals surface area contributed by atoms with Gasteiger partial charge in [-0.15, -0.1) is 0 Å². The Labute approximate surface area is 235 Å². The summed E-state index contributed by atoms with van der Waals surface area (Å²) in [6.45, 7) is 2.19. The fourth-order valence-electron chi connectivity index (χ4n) is 4.74. The molecule has 0 radical (unpaired) electrons. The van der Waals surface area contributed by atoms with Gasteiger partial charge in [-0.2, -0.15) is 5.10 Å². The normalized spacial score (nSPS) is 11.2. The summed E-state index contributed by atoms with van der Waals surface area (Å²) < 4.78 is 16.2. The highest BCUT2D eigenvalue weighted by atomic mass is 16.6. The number of esters is 1. The third-order valence-corrected chi connectivity index (χ3v) is 6.56. The minimum atomic E-state index is -0.634. The lowest BCUT2D eigenvalue weighted by atomic mass is 9.99. The number of ether oxygens (including phenoxy) is 2. The lowest BCUT2D eigenvalue weighted by Gasteiger charge is -2.10. The van der Waals surface area contributed by atoms with Crippen LogP contribution in [0.4, 0.5) is 0 Å². The predicted octanol–water partition coefficient (Wildman–Crippen LogP) is 6.96. The zero-order chi connectivity index (χ0) is 28.2. The second kappa shape index (κ2) is 11.2. The van der Waals surface area contributed by atoms with Crippen LogP contribution in [0, 0.1) is 0 Å². The van der Waals surface area contributed by atoms with Crippen molar-refractivity contribution < 1.29 is 23.5 Å². The van der Waals surface area contributed by atoms with Crippen molar-refractivity contribution in [2.75, 3.05) is 6.61 Å². The number of rotatable bonds is 8. The van der Waals surface area contributed by atoms with Crippen LogP contribution in [0.2, 0.25) is 0 Å². The van der Waals surface area contributed by atoms with Gasteiger partial charge < -0.3 is 18.9 Å². The monoisotopic (exact) mass is 543 g/mol. The first-order valence-electron chi connectivity index (χ1n) is 13.1. The quantitative estimate of drug-likeness (QED) is 0.0934. The number of carbonyl (C=O) groups excluding carboxylic acids is 2. The number of aromatic nitrogens is 1. The van der Waals surface area contributed by atoms with Gasteiger partial charge in [-0.25, -0.2) is 10.2 Å². The molecule has 4 aromatic carbocycles. The molecule has 202 valence electrons. The minimum Gasteiger partial charge on any atom is -0.490 e. The predicted molar refractivity (Wildman–Crippen MR) is 158 cm³/mol. The van der Waals surface area contributed by atoms with E-state index in [1.54, 1.807) is 24.3 Å². The van der Waals surface area contributed by atoms with Crippen molar-refractivity contribution in [1.82, 2.24) is 10.4 Å². The molecule has 0 aliphatic carbocycles. The molecule has 41 heavy (non-hydrogen) atoms. The minimum absolute atomic E-state index is 0.0839. The number of benzene rings is 4. The Bertz CT molecular complexity index is 1890. The maximum atomic E-state index is 13.4. The number of nitrogens with one attached hydrogen (secondary N) is 2. The SMILES string of the molecule is CCOc1cc(C=NNC(=O)c2[nH]c3c(ccc4ccccc43)c2-c2ccccc2)ccc1OC(=O)c1ccco1. The molecule has 0 atom stereocenters. The molecule has 2 N–H and O–H groups in total. The van der Waals surface area contributed by atoms with E-state index in [2.05, 4.69) is 21.6 Å². The number of H-pyrrole nitrogens is 1. The van der Waals surface area contributed by atoms with Crippen molar-refractivity contribution in [3.05, 3.63) is 120 Å². The molecule has 8 nitrogen and oxygen atoms in total. The highest BCUT2D eigenvalue weighted by Gasteiger charge is 2.20. The molecule has 0 unspecified atom stereocenters. The number of aromatic amines is 1. The largest absolute Gasteiger partial charge is 0.490 e. The van der Waals surface area contributed by atoms with Crippen LogP contribution >= 0.6 is 0 Å². The Morgan fingerprint density at radius 1 is 0.902 bits per heavy atom. The first kappa shape index (κ1) is 25.6. The van der Waals surface area contributed by atoms with E-state index in [0.29, 0.717) is 23.6 Å². The molecule has 6 rings (SSSR count). The Balaban J connectivity index is 1.28. The van der Waals surface area contributed by atoms with Gasteiger partial charge in [-0.05, 0) is 53.8 Å². The fourth-order valence-corrected chi connectivity index (χ4v) is 4.74. The maximum absolute atomic E-state index is 13.4. The molecule has 6 aromatic rings. The Kier molecular flexibility index (Phi) is 7.02. The van der Waals surface area contributed by atoms with Crippen LogP contribution in [0.5, 0.6) is 11.5 Å². The van der Waals surface area contributed by atoms with Gasteiger partial charge in [-0.3, -0.25) is 4.79 Å². The molecule has 8 heteroatoms. The third-order valence-electron chi connectivity index (χ3n) is 6.56. The van der Waals surface area contributed by atoms with Crippen molar-refractivity contribution in [3.8, 4) is 22.6 Å². The number of carbonyl (C=O) groups is 2. The average Bonchev–Trinajstić information content (AvgIpc) is 3.68. The molecule has 2 heterocycles. The van der Waals surface area contributed by atoms with Crippen LogP contribution in [0.3, 0.4) is 0 Å². The zero-order valence-corrected chi connectivity index (χ0v) is 22.1. The second-order valence-corrected chi connectivity index (χ2v) is 9.16. The van der Waals surface area contributed by atoms with E-state index >= 15 is 0 Å². The summed E-state index contributed by atoms with van der Waals surface area (Å²) in [5.41, 5.74) is 6.31. The first-order chi connectivity index (χ1) is 20.1. The zero-order valence-electron chi connectivity index (χ0n) is 22.1. The first-order valence-corrected chi connectivity index (χ1v) is 13.1. The van der Waals surface area contributed by atoms with Crippen molar-refractivity contribution >= 4 is 39.8 Å². The van der Waals surface area contributed by atoms with Gasteiger partial charge in [0.05, 0.1) is 24.6 Å². The molecule has 0 saturated carbocycles. The maximum Gasteiger partial charge on any atom is 0.379 e. The summed E-state index contributed by atoms with van der Waals surface area (Å²) in [7, 11) is 0. The second-order valence-electron chi connectivity index (χ2n) is 9.16. The van der Waals surface area contributed by atoms with Crippen LogP contribution in [-0.2, 0) is 0 Å².